The van der Waals surface area contributed by atoms with Gasteiger partial charge in [0.1, 0.15) is 0 Å². The van der Waals surface area contributed by atoms with Gasteiger partial charge in [-0.3, -0.25) is 4.79 Å². The fourth-order valence-corrected chi connectivity index (χ4v) is 5.19. The molecule has 20 heavy (non-hydrogen) atoms. The molecule has 0 aliphatic heterocycles. The molecule has 3 fully saturated rings. The average Bonchev–Trinajstić information content (AvgIpc) is 2.90. The van der Waals surface area contributed by atoms with Crippen molar-refractivity contribution in [2.45, 2.75) is 25.3 Å². The number of hydrogen-bond acceptors (Lipinski definition) is 3. The third-order valence-electron chi connectivity index (χ3n) is 5.18. The van der Waals surface area contributed by atoms with Gasteiger partial charge in [0.2, 0.25) is 0 Å². The third-order valence-corrected chi connectivity index (χ3v) is 6.18. The Morgan fingerprint density at radius 1 is 1.35 bits per heavy atom. The van der Waals surface area contributed by atoms with E-state index in [1.807, 2.05) is 12.1 Å². The van der Waals surface area contributed by atoms with Crippen molar-refractivity contribution in [3.8, 4) is 11.8 Å². The number of fused-ring (bicyclic) bond motifs is 5. The Labute approximate surface area is 122 Å². The van der Waals surface area contributed by atoms with Gasteiger partial charge in [0.15, 0.2) is 0 Å². The molecule has 1 heterocycles. The quantitative estimate of drug-likeness (QED) is 0.815. The van der Waals surface area contributed by atoms with Gasteiger partial charge in [0.05, 0.1) is 16.3 Å². The van der Waals surface area contributed by atoms with Crippen molar-refractivity contribution in [1.29, 1.82) is 0 Å². The molecule has 4 rings (SSSR count). The molecule has 1 aromatic rings. The first kappa shape index (κ1) is 12.4. The first-order valence-corrected chi connectivity index (χ1v) is 8.19. The predicted molar refractivity (Wildman–Crippen MR) is 79.3 cm³/mol. The molecule has 0 radical (unpaired) electrons. The fourth-order valence-electron chi connectivity index (χ4n) is 4.41. The van der Waals surface area contributed by atoms with Gasteiger partial charge in [-0.15, -0.1) is 11.3 Å². The Hall–Kier alpha value is -1.31. The summed E-state index contributed by atoms with van der Waals surface area (Å²) < 4.78 is 0. The summed E-state index contributed by atoms with van der Waals surface area (Å²) in [6, 6.07) is 4.22. The molecule has 4 atom stereocenters. The standard InChI is InChI=1S/C16H18N2OS/c17-7-1-2-11-5-6-12(20-11)16(19)18-15-13-9-3-4-10(8-9)14(13)15/h5-6,9-10,13-15H,3-4,7-8,17H2,(H,18,19). The van der Waals surface area contributed by atoms with Gasteiger partial charge in [-0.1, -0.05) is 11.8 Å². The second kappa shape index (κ2) is 4.61. The van der Waals surface area contributed by atoms with Gasteiger partial charge in [-0.25, -0.2) is 0 Å². The average molecular weight is 286 g/mol. The molecule has 3 aliphatic rings. The molecule has 2 bridgehead atoms. The highest BCUT2D eigenvalue weighted by Gasteiger charge is 2.65. The van der Waals surface area contributed by atoms with Crippen LogP contribution in [0.3, 0.4) is 0 Å². The first-order valence-electron chi connectivity index (χ1n) is 7.37. The highest BCUT2D eigenvalue weighted by atomic mass is 32.1. The fraction of sp³-hybridized carbons (Fsp3) is 0.562. The number of thiophene rings is 1. The minimum atomic E-state index is 0.0783. The second-order valence-electron chi connectivity index (χ2n) is 6.16. The van der Waals surface area contributed by atoms with E-state index in [2.05, 4.69) is 17.2 Å². The molecule has 1 amide bonds. The van der Waals surface area contributed by atoms with E-state index in [0.29, 0.717) is 12.6 Å². The summed E-state index contributed by atoms with van der Waals surface area (Å²) in [7, 11) is 0. The van der Waals surface area contributed by atoms with E-state index in [1.54, 1.807) is 0 Å². The molecule has 3 saturated carbocycles. The Balaban J connectivity index is 1.40. The van der Waals surface area contributed by atoms with Crippen LogP contribution in [-0.4, -0.2) is 18.5 Å². The van der Waals surface area contributed by atoms with Crippen LogP contribution < -0.4 is 11.1 Å². The van der Waals surface area contributed by atoms with Crippen molar-refractivity contribution < 1.29 is 4.79 Å². The molecule has 0 aromatic carbocycles. The molecule has 1 aromatic heterocycles. The van der Waals surface area contributed by atoms with Gasteiger partial charge in [0.25, 0.3) is 5.91 Å². The number of hydrogen-bond donors (Lipinski definition) is 2. The molecule has 4 unspecified atom stereocenters. The van der Waals surface area contributed by atoms with Crippen LogP contribution in [0.2, 0.25) is 0 Å². The number of nitrogens with two attached hydrogens (primary N) is 1. The van der Waals surface area contributed by atoms with Gasteiger partial charge in [-0.05, 0) is 55.1 Å². The molecule has 3 aliphatic carbocycles. The predicted octanol–water partition coefficient (Wildman–Crippen LogP) is 1.83. The van der Waals surface area contributed by atoms with Crippen LogP contribution >= 0.6 is 11.3 Å². The topological polar surface area (TPSA) is 55.1 Å². The Morgan fingerprint density at radius 2 is 2.10 bits per heavy atom. The van der Waals surface area contributed by atoms with Crippen molar-refractivity contribution in [2.24, 2.45) is 29.4 Å². The summed E-state index contributed by atoms with van der Waals surface area (Å²) in [6.45, 7) is 0.355. The lowest BCUT2D eigenvalue weighted by Gasteiger charge is -2.09. The molecular weight excluding hydrogens is 268 g/mol. The van der Waals surface area contributed by atoms with Gasteiger partial charge < -0.3 is 11.1 Å². The molecular formula is C16H18N2OS. The van der Waals surface area contributed by atoms with Crippen molar-refractivity contribution in [1.82, 2.24) is 5.32 Å². The van der Waals surface area contributed by atoms with Crippen LogP contribution in [0.25, 0.3) is 0 Å². The smallest absolute Gasteiger partial charge is 0.261 e. The lowest BCUT2D eigenvalue weighted by molar-refractivity contribution is 0.0948. The van der Waals surface area contributed by atoms with Crippen molar-refractivity contribution >= 4 is 17.2 Å². The van der Waals surface area contributed by atoms with Crippen LogP contribution in [0.15, 0.2) is 12.1 Å². The Morgan fingerprint density at radius 3 is 2.80 bits per heavy atom. The van der Waals surface area contributed by atoms with Gasteiger partial charge in [0, 0.05) is 6.04 Å². The normalized spacial score (nSPS) is 36.1. The second-order valence-corrected chi connectivity index (χ2v) is 7.24. The maximum atomic E-state index is 12.3. The minimum Gasteiger partial charge on any atom is -0.348 e. The largest absolute Gasteiger partial charge is 0.348 e. The summed E-state index contributed by atoms with van der Waals surface area (Å²) in [5, 5.41) is 3.24. The van der Waals surface area contributed by atoms with Crippen molar-refractivity contribution in [3.05, 3.63) is 21.9 Å². The molecule has 104 valence electrons. The summed E-state index contributed by atoms with van der Waals surface area (Å²) >= 11 is 1.45. The maximum Gasteiger partial charge on any atom is 0.261 e. The zero-order valence-corrected chi connectivity index (χ0v) is 12.1. The van der Waals surface area contributed by atoms with Gasteiger partial charge in [-0.2, -0.15) is 0 Å². The zero-order chi connectivity index (χ0) is 13.7. The molecule has 0 spiro atoms. The van der Waals surface area contributed by atoms with E-state index < -0.39 is 0 Å². The number of rotatable bonds is 2. The SMILES string of the molecule is NCC#Cc1ccc(C(=O)NC2C3C4CCC(C4)C23)s1. The number of nitrogens with one attached hydrogen (secondary N) is 1. The van der Waals surface area contributed by atoms with Gasteiger partial charge >= 0.3 is 0 Å². The Bertz CT molecular complexity index is 595. The highest BCUT2D eigenvalue weighted by Crippen LogP contribution is 2.65. The highest BCUT2D eigenvalue weighted by molar-refractivity contribution is 7.14. The van der Waals surface area contributed by atoms with E-state index in [4.69, 9.17) is 5.73 Å². The number of carbonyl (C=O) groups excluding carboxylic acids is 1. The van der Waals surface area contributed by atoms with Crippen molar-refractivity contribution in [2.75, 3.05) is 6.54 Å². The van der Waals surface area contributed by atoms with Crippen molar-refractivity contribution in [3.63, 3.8) is 0 Å². The number of amides is 1. The molecule has 0 saturated heterocycles. The van der Waals surface area contributed by atoms with E-state index in [0.717, 1.165) is 33.4 Å². The third kappa shape index (κ3) is 1.88. The zero-order valence-electron chi connectivity index (χ0n) is 11.3. The van der Waals surface area contributed by atoms with Crippen LogP contribution in [0, 0.1) is 35.5 Å². The van der Waals surface area contributed by atoms with E-state index in [9.17, 15) is 4.79 Å². The summed E-state index contributed by atoms with van der Waals surface area (Å²) in [5.74, 6) is 9.23. The number of carbonyl (C=O) groups is 1. The molecule has 3 nitrogen and oxygen atoms in total. The van der Waals surface area contributed by atoms with Crippen LogP contribution in [0.5, 0.6) is 0 Å². The van der Waals surface area contributed by atoms with E-state index in [1.165, 1.54) is 30.6 Å². The monoisotopic (exact) mass is 286 g/mol. The lowest BCUT2D eigenvalue weighted by atomic mass is 10.0. The molecule has 4 heteroatoms. The summed E-state index contributed by atoms with van der Waals surface area (Å²) in [4.78, 5) is 14.0. The van der Waals surface area contributed by atoms with Crippen LogP contribution in [0.4, 0.5) is 0 Å². The minimum absolute atomic E-state index is 0.0783. The van der Waals surface area contributed by atoms with Crippen LogP contribution in [0.1, 0.15) is 33.8 Å². The summed E-state index contributed by atoms with van der Waals surface area (Å²) in [5.41, 5.74) is 5.35. The van der Waals surface area contributed by atoms with E-state index in [-0.39, 0.29) is 5.91 Å². The maximum absolute atomic E-state index is 12.3. The summed E-state index contributed by atoms with van der Waals surface area (Å²) in [6.07, 6.45) is 4.19. The van der Waals surface area contributed by atoms with E-state index >= 15 is 0 Å². The Kier molecular flexibility index (Phi) is 2.87. The first-order chi connectivity index (χ1) is 9.78. The lowest BCUT2D eigenvalue weighted by Crippen LogP contribution is -2.29. The van der Waals surface area contributed by atoms with Crippen LogP contribution in [-0.2, 0) is 0 Å². The molecule has 3 N–H and O–H groups in total.